The zero-order valence-corrected chi connectivity index (χ0v) is 11.6. The van der Waals surface area contributed by atoms with Crippen LogP contribution in [0.2, 0.25) is 0 Å². The molecule has 2 N–H and O–H groups in total. The molecule has 0 atom stereocenters. The molecule has 2 aliphatic rings. The molecule has 0 bridgehead atoms. The summed E-state index contributed by atoms with van der Waals surface area (Å²) in [6.45, 7) is 3.33. The first-order chi connectivity index (χ1) is 8.18. The zero-order valence-electron chi connectivity index (χ0n) is 11.6. The lowest BCUT2D eigenvalue weighted by molar-refractivity contribution is 0.0187. The fraction of sp³-hybridized carbons (Fsp3) is 1.00. The predicted molar refractivity (Wildman–Crippen MR) is 73.2 cm³/mol. The average molecular weight is 239 g/mol. The number of rotatable bonds is 3. The van der Waals surface area contributed by atoms with Crippen LogP contribution in [-0.2, 0) is 0 Å². The van der Waals surface area contributed by atoms with Gasteiger partial charge in [0.2, 0.25) is 0 Å². The third-order valence-electron chi connectivity index (χ3n) is 5.15. The lowest BCUT2D eigenvalue weighted by Crippen LogP contribution is -2.58. The molecule has 0 radical (unpaired) electrons. The van der Waals surface area contributed by atoms with Gasteiger partial charge in [0.1, 0.15) is 0 Å². The molecule has 0 unspecified atom stereocenters. The monoisotopic (exact) mass is 239 g/mol. The number of hydrogen-bond donors (Lipinski definition) is 1. The Hall–Kier alpha value is -0.120. The van der Waals surface area contributed by atoms with Gasteiger partial charge < -0.3 is 10.6 Å². The summed E-state index contributed by atoms with van der Waals surface area (Å²) in [4.78, 5) is 5.10. The number of nitrogens with two attached hydrogens (primary N) is 1. The Kier molecular flexibility index (Phi) is 4.45. The second kappa shape index (κ2) is 5.68. The van der Waals surface area contributed by atoms with Crippen molar-refractivity contribution >= 4 is 0 Å². The van der Waals surface area contributed by atoms with Gasteiger partial charge in [-0.1, -0.05) is 19.3 Å². The fourth-order valence-corrected chi connectivity index (χ4v) is 3.68. The van der Waals surface area contributed by atoms with Crippen LogP contribution in [-0.4, -0.2) is 55.1 Å². The van der Waals surface area contributed by atoms with E-state index in [1.807, 2.05) is 0 Å². The first-order valence-corrected chi connectivity index (χ1v) is 7.29. The highest BCUT2D eigenvalue weighted by molar-refractivity contribution is 4.96. The second-order valence-corrected chi connectivity index (χ2v) is 6.13. The number of hydrogen-bond acceptors (Lipinski definition) is 3. The molecule has 1 saturated heterocycles. The fourth-order valence-electron chi connectivity index (χ4n) is 3.68. The van der Waals surface area contributed by atoms with E-state index in [-0.39, 0.29) is 0 Å². The first-order valence-electron chi connectivity index (χ1n) is 7.29. The maximum atomic E-state index is 6.12. The Morgan fingerprint density at radius 2 is 1.76 bits per heavy atom. The SMILES string of the molecule is CN1CCC(N(C)C2(CN)CCCCC2)CC1. The van der Waals surface area contributed by atoms with Gasteiger partial charge in [0.05, 0.1) is 0 Å². The third kappa shape index (κ3) is 2.83. The summed E-state index contributed by atoms with van der Waals surface area (Å²) in [5, 5.41) is 0. The molecule has 1 aliphatic carbocycles. The van der Waals surface area contributed by atoms with Gasteiger partial charge in [-0.05, 0) is 52.9 Å². The van der Waals surface area contributed by atoms with E-state index in [2.05, 4.69) is 23.9 Å². The minimum absolute atomic E-state index is 0.318. The van der Waals surface area contributed by atoms with Gasteiger partial charge in [0.15, 0.2) is 0 Å². The van der Waals surface area contributed by atoms with Crippen molar-refractivity contribution in [1.29, 1.82) is 0 Å². The molecule has 2 fully saturated rings. The number of likely N-dealkylation sites (N-methyl/N-ethyl adjacent to an activating group) is 1. The van der Waals surface area contributed by atoms with Gasteiger partial charge in [-0.2, -0.15) is 0 Å². The summed E-state index contributed by atoms with van der Waals surface area (Å²) >= 11 is 0. The Bertz CT molecular complexity index is 228. The van der Waals surface area contributed by atoms with Gasteiger partial charge in [0.25, 0.3) is 0 Å². The molecule has 1 saturated carbocycles. The number of piperidine rings is 1. The molecule has 1 heterocycles. The van der Waals surface area contributed by atoms with Crippen LogP contribution in [0.15, 0.2) is 0 Å². The summed E-state index contributed by atoms with van der Waals surface area (Å²) in [6.07, 6.45) is 9.40. The van der Waals surface area contributed by atoms with E-state index in [0.29, 0.717) is 5.54 Å². The van der Waals surface area contributed by atoms with E-state index >= 15 is 0 Å². The summed E-state index contributed by atoms with van der Waals surface area (Å²) in [5.74, 6) is 0. The van der Waals surface area contributed by atoms with Crippen molar-refractivity contribution in [2.75, 3.05) is 33.7 Å². The van der Waals surface area contributed by atoms with Crippen LogP contribution in [0.5, 0.6) is 0 Å². The van der Waals surface area contributed by atoms with Gasteiger partial charge in [-0.25, -0.2) is 0 Å². The van der Waals surface area contributed by atoms with Crippen molar-refractivity contribution in [1.82, 2.24) is 9.80 Å². The van der Waals surface area contributed by atoms with Crippen LogP contribution >= 0.6 is 0 Å². The highest BCUT2D eigenvalue weighted by atomic mass is 15.2. The van der Waals surface area contributed by atoms with E-state index in [1.54, 1.807) is 0 Å². The molecule has 100 valence electrons. The standard InChI is InChI=1S/C14H29N3/c1-16-10-6-13(7-11-16)17(2)14(12-15)8-4-3-5-9-14/h13H,3-12,15H2,1-2H3. The second-order valence-electron chi connectivity index (χ2n) is 6.13. The number of likely N-dealkylation sites (tertiary alicyclic amines) is 1. The van der Waals surface area contributed by atoms with E-state index in [1.165, 1.54) is 58.0 Å². The van der Waals surface area contributed by atoms with Crippen LogP contribution in [0, 0.1) is 0 Å². The number of nitrogens with zero attached hydrogens (tertiary/aromatic N) is 2. The smallest absolute Gasteiger partial charge is 0.0331 e. The average Bonchev–Trinajstić information content (AvgIpc) is 2.39. The molecule has 0 spiro atoms. The lowest BCUT2D eigenvalue weighted by Gasteiger charge is -2.49. The van der Waals surface area contributed by atoms with Crippen LogP contribution in [0.4, 0.5) is 0 Å². The molecule has 17 heavy (non-hydrogen) atoms. The van der Waals surface area contributed by atoms with Crippen LogP contribution in [0.3, 0.4) is 0 Å². The van der Waals surface area contributed by atoms with Crippen LogP contribution < -0.4 is 5.73 Å². The van der Waals surface area contributed by atoms with E-state index in [0.717, 1.165) is 12.6 Å². The Balaban J connectivity index is 1.98. The molecule has 0 amide bonds. The Morgan fingerprint density at radius 3 is 2.29 bits per heavy atom. The topological polar surface area (TPSA) is 32.5 Å². The molecule has 1 aliphatic heterocycles. The van der Waals surface area contributed by atoms with Gasteiger partial charge >= 0.3 is 0 Å². The molecule has 3 heteroatoms. The van der Waals surface area contributed by atoms with Crippen LogP contribution in [0.25, 0.3) is 0 Å². The van der Waals surface area contributed by atoms with Crippen molar-refractivity contribution < 1.29 is 0 Å². The molecular formula is C14H29N3. The Morgan fingerprint density at radius 1 is 1.18 bits per heavy atom. The predicted octanol–water partition coefficient (Wildman–Crippen LogP) is 1.67. The van der Waals surface area contributed by atoms with E-state index in [9.17, 15) is 0 Å². The summed E-state index contributed by atoms with van der Waals surface area (Å²) in [6, 6.07) is 0.757. The third-order valence-corrected chi connectivity index (χ3v) is 5.15. The highest BCUT2D eigenvalue weighted by Gasteiger charge is 2.38. The zero-order chi connectivity index (χ0) is 12.3. The van der Waals surface area contributed by atoms with Crippen molar-refractivity contribution in [3.8, 4) is 0 Å². The molecule has 0 aromatic carbocycles. The summed E-state index contributed by atoms with van der Waals surface area (Å²) in [5.41, 5.74) is 6.44. The van der Waals surface area contributed by atoms with Crippen molar-refractivity contribution in [3.63, 3.8) is 0 Å². The highest BCUT2D eigenvalue weighted by Crippen LogP contribution is 2.35. The van der Waals surface area contributed by atoms with Gasteiger partial charge in [-0.3, -0.25) is 4.90 Å². The lowest BCUT2D eigenvalue weighted by atomic mass is 9.79. The molecular weight excluding hydrogens is 210 g/mol. The molecule has 3 nitrogen and oxygen atoms in total. The van der Waals surface area contributed by atoms with Gasteiger partial charge in [-0.15, -0.1) is 0 Å². The van der Waals surface area contributed by atoms with Crippen molar-refractivity contribution in [2.24, 2.45) is 5.73 Å². The molecule has 2 rings (SSSR count). The van der Waals surface area contributed by atoms with Crippen molar-refractivity contribution in [3.05, 3.63) is 0 Å². The quantitative estimate of drug-likeness (QED) is 0.813. The maximum absolute atomic E-state index is 6.12. The van der Waals surface area contributed by atoms with E-state index in [4.69, 9.17) is 5.73 Å². The minimum atomic E-state index is 0.318. The summed E-state index contributed by atoms with van der Waals surface area (Å²) < 4.78 is 0. The largest absolute Gasteiger partial charge is 0.329 e. The van der Waals surface area contributed by atoms with E-state index < -0.39 is 0 Å². The van der Waals surface area contributed by atoms with Crippen LogP contribution in [0.1, 0.15) is 44.9 Å². The van der Waals surface area contributed by atoms with Gasteiger partial charge in [0, 0.05) is 18.1 Å². The first kappa shape index (κ1) is 13.3. The minimum Gasteiger partial charge on any atom is -0.329 e. The maximum Gasteiger partial charge on any atom is 0.0331 e. The normalized spacial score (nSPS) is 27.5. The summed E-state index contributed by atoms with van der Waals surface area (Å²) in [7, 11) is 4.56. The molecule has 0 aromatic heterocycles. The van der Waals surface area contributed by atoms with Crippen molar-refractivity contribution in [2.45, 2.75) is 56.5 Å². The molecule has 0 aromatic rings. The Labute approximate surface area is 106 Å².